The predicted octanol–water partition coefficient (Wildman–Crippen LogP) is 3.66. The molecule has 2 aliphatic carbocycles. The normalized spacial score (nSPS) is 20.2. The second kappa shape index (κ2) is 7.25. The first-order chi connectivity index (χ1) is 13.0. The van der Waals surface area contributed by atoms with Crippen LogP contribution in [-0.2, 0) is 4.79 Å². The Hall–Kier alpha value is -2.32. The molecule has 2 aliphatic rings. The summed E-state index contributed by atoms with van der Waals surface area (Å²) in [5, 5.41) is 11.9. The number of nitrogens with zero attached hydrogens (tertiary/aromatic N) is 1. The van der Waals surface area contributed by atoms with Crippen LogP contribution >= 0.6 is 0 Å². The molecule has 0 aliphatic heterocycles. The quantitative estimate of drug-likeness (QED) is 0.695. The fourth-order valence-electron chi connectivity index (χ4n) is 3.28. The molecule has 1 aromatic heterocycles. The summed E-state index contributed by atoms with van der Waals surface area (Å²) in [4.78, 5) is 27.9. The molecule has 3 rings (SSSR count). The molecule has 28 heavy (non-hydrogen) atoms. The summed E-state index contributed by atoms with van der Waals surface area (Å²) in [6, 6.07) is 1.22. The standard InChI is InChI=1S/C19H23F3N2O4/c1-10(19(20,21)22)28-15-7-14(23-9-13(15)11-3-4-11)17(27)24-18(2,8-16(25)26)12-5-6-12/h7,9-12H,3-6,8H2,1-2H3,(H,24,27)(H,25,26)/t10-,18?/m0/s1. The van der Waals surface area contributed by atoms with Gasteiger partial charge in [0, 0.05) is 17.8 Å². The number of hydrogen-bond donors (Lipinski definition) is 2. The molecule has 0 aromatic carbocycles. The largest absolute Gasteiger partial charge is 0.481 e. The van der Waals surface area contributed by atoms with Gasteiger partial charge in [0.25, 0.3) is 5.91 Å². The molecule has 9 heteroatoms. The van der Waals surface area contributed by atoms with Crippen molar-refractivity contribution >= 4 is 11.9 Å². The van der Waals surface area contributed by atoms with Crippen LogP contribution in [0.2, 0.25) is 0 Å². The Kier molecular flexibility index (Phi) is 5.29. The van der Waals surface area contributed by atoms with Gasteiger partial charge in [0.1, 0.15) is 11.4 Å². The zero-order chi connectivity index (χ0) is 20.7. The monoisotopic (exact) mass is 400 g/mol. The predicted molar refractivity (Wildman–Crippen MR) is 93.2 cm³/mol. The van der Waals surface area contributed by atoms with Gasteiger partial charge < -0.3 is 15.2 Å². The zero-order valence-electron chi connectivity index (χ0n) is 15.7. The number of aromatic nitrogens is 1. The van der Waals surface area contributed by atoms with Crippen molar-refractivity contribution in [3.8, 4) is 5.75 Å². The minimum absolute atomic E-state index is 0.00108. The van der Waals surface area contributed by atoms with Gasteiger partial charge in [-0.05, 0) is 51.4 Å². The first-order valence-corrected chi connectivity index (χ1v) is 9.27. The first kappa shape index (κ1) is 20.4. The maximum atomic E-state index is 12.9. The smallest absolute Gasteiger partial charge is 0.425 e. The minimum atomic E-state index is -4.53. The first-order valence-electron chi connectivity index (χ1n) is 9.27. The van der Waals surface area contributed by atoms with Gasteiger partial charge in [0.05, 0.1) is 12.0 Å². The summed E-state index contributed by atoms with van der Waals surface area (Å²) < 4.78 is 43.8. The molecule has 0 saturated heterocycles. The summed E-state index contributed by atoms with van der Waals surface area (Å²) in [5.41, 5.74) is -0.464. The van der Waals surface area contributed by atoms with E-state index in [0.29, 0.717) is 5.56 Å². The number of hydrogen-bond acceptors (Lipinski definition) is 4. The van der Waals surface area contributed by atoms with Crippen LogP contribution in [0.25, 0.3) is 0 Å². The van der Waals surface area contributed by atoms with Gasteiger partial charge >= 0.3 is 12.1 Å². The van der Waals surface area contributed by atoms with E-state index in [0.717, 1.165) is 32.6 Å². The molecule has 2 fully saturated rings. The molecule has 2 saturated carbocycles. The summed E-state index contributed by atoms with van der Waals surface area (Å²) >= 11 is 0. The SMILES string of the molecule is C[C@H](Oc1cc(C(=O)NC(C)(CC(=O)O)C2CC2)ncc1C1CC1)C(F)(F)F. The fourth-order valence-corrected chi connectivity index (χ4v) is 3.28. The average molecular weight is 400 g/mol. The van der Waals surface area contributed by atoms with Gasteiger partial charge in [-0.2, -0.15) is 13.2 Å². The van der Waals surface area contributed by atoms with Crippen molar-refractivity contribution in [3.63, 3.8) is 0 Å². The minimum Gasteiger partial charge on any atom is -0.481 e. The Morgan fingerprint density at radius 2 is 1.96 bits per heavy atom. The van der Waals surface area contributed by atoms with E-state index >= 15 is 0 Å². The lowest BCUT2D eigenvalue weighted by Crippen LogP contribution is -2.49. The number of nitrogens with one attached hydrogen (secondary N) is 1. The Morgan fingerprint density at radius 3 is 2.46 bits per heavy atom. The van der Waals surface area contributed by atoms with Crippen molar-refractivity contribution in [3.05, 3.63) is 23.5 Å². The van der Waals surface area contributed by atoms with Crippen LogP contribution in [-0.4, -0.2) is 39.8 Å². The molecule has 0 bridgehead atoms. The van der Waals surface area contributed by atoms with E-state index in [9.17, 15) is 22.8 Å². The lowest BCUT2D eigenvalue weighted by atomic mass is 9.91. The lowest BCUT2D eigenvalue weighted by molar-refractivity contribution is -0.189. The van der Waals surface area contributed by atoms with Gasteiger partial charge in [0.15, 0.2) is 6.10 Å². The number of halogens is 3. The van der Waals surface area contributed by atoms with Crippen LogP contribution in [0.1, 0.15) is 67.9 Å². The molecule has 1 amide bonds. The van der Waals surface area contributed by atoms with E-state index in [2.05, 4.69) is 10.3 Å². The van der Waals surface area contributed by atoms with E-state index in [-0.39, 0.29) is 29.7 Å². The highest BCUT2D eigenvalue weighted by atomic mass is 19.4. The van der Waals surface area contributed by atoms with Crippen LogP contribution < -0.4 is 10.1 Å². The van der Waals surface area contributed by atoms with E-state index in [1.54, 1.807) is 6.92 Å². The zero-order valence-corrected chi connectivity index (χ0v) is 15.7. The molecular weight excluding hydrogens is 377 g/mol. The molecule has 0 spiro atoms. The Labute approximate surface area is 160 Å². The van der Waals surface area contributed by atoms with Crippen molar-refractivity contribution in [2.24, 2.45) is 5.92 Å². The molecule has 1 aromatic rings. The molecule has 6 nitrogen and oxygen atoms in total. The highest BCUT2D eigenvalue weighted by Crippen LogP contribution is 2.45. The van der Waals surface area contributed by atoms with Gasteiger partial charge in [0.2, 0.25) is 0 Å². The third kappa shape index (κ3) is 4.74. The molecule has 1 unspecified atom stereocenters. The highest BCUT2D eigenvalue weighted by Gasteiger charge is 2.44. The van der Waals surface area contributed by atoms with Crippen LogP contribution in [0, 0.1) is 5.92 Å². The molecular formula is C19H23F3N2O4. The maximum Gasteiger partial charge on any atom is 0.425 e. The number of amides is 1. The summed E-state index contributed by atoms with van der Waals surface area (Å²) in [6.45, 7) is 2.58. The highest BCUT2D eigenvalue weighted by molar-refractivity contribution is 5.93. The summed E-state index contributed by atoms with van der Waals surface area (Å²) in [6.07, 6.45) is -2.10. The van der Waals surface area contributed by atoms with E-state index in [4.69, 9.17) is 9.84 Å². The van der Waals surface area contributed by atoms with E-state index in [1.807, 2.05) is 0 Å². The summed E-state index contributed by atoms with van der Waals surface area (Å²) in [7, 11) is 0. The number of ether oxygens (including phenoxy) is 1. The van der Waals surface area contributed by atoms with Crippen LogP contribution in [0.15, 0.2) is 12.3 Å². The van der Waals surface area contributed by atoms with Crippen LogP contribution in [0.5, 0.6) is 5.75 Å². The Bertz CT molecular complexity index is 775. The third-order valence-corrected chi connectivity index (χ3v) is 5.31. The molecule has 0 radical (unpaired) electrons. The number of carboxylic acid groups (broad SMARTS) is 1. The average Bonchev–Trinajstić information content (AvgIpc) is 3.46. The second-order valence-electron chi connectivity index (χ2n) is 7.90. The molecule has 1 heterocycles. The summed E-state index contributed by atoms with van der Waals surface area (Å²) in [5.74, 6) is -1.51. The van der Waals surface area contributed by atoms with Crippen molar-refractivity contribution in [2.45, 2.75) is 69.7 Å². The molecule has 154 valence electrons. The van der Waals surface area contributed by atoms with Crippen molar-refractivity contribution in [2.75, 3.05) is 0 Å². The number of rotatable bonds is 8. The van der Waals surface area contributed by atoms with Crippen LogP contribution in [0.3, 0.4) is 0 Å². The van der Waals surface area contributed by atoms with E-state index in [1.165, 1.54) is 12.3 Å². The van der Waals surface area contributed by atoms with E-state index < -0.39 is 29.7 Å². The van der Waals surface area contributed by atoms with Gasteiger partial charge in [-0.25, -0.2) is 0 Å². The van der Waals surface area contributed by atoms with Gasteiger partial charge in [-0.3, -0.25) is 14.6 Å². The molecule has 2 N–H and O–H groups in total. The number of pyridine rings is 1. The number of carbonyl (C=O) groups excluding carboxylic acids is 1. The number of alkyl halides is 3. The van der Waals surface area contributed by atoms with Crippen molar-refractivity contribution in [1.82, 2.24) is 10.3 Å². The van der Waals surface area contributed by atoms with Gasteiger partial charge in [-0.15, -0.1) is 0 Å². The Balaban J connectivity index is 1.82. The van der Waals surface area contributed by atoms with Crippen LogP contribution in [0.4, 0.5) is 13.2 Å². The fraction of sp³-hybridized carbons (Fsp3) is 0.632. The van der Waals surface area contributed by atoms with Crippen molar-refractivity contribution in [1.29, 1.82) is 0 Å². The maximum absolute atomic E-state index is 12.9. The van der Waals surface area contributed by atoms with Gasteiger partial charge in [-0.1, -0.05) is 0 Å². The Morgan fingerprint density at radius 1 is 1.32 bits per heavy atom. The second-order valence-corrected chi connectivity index (χ2v) is 7.90. The lowest BCUT2D eigenvalue weighted by Gasteiger charge is -2.29. The topological polar surface area (TPSA) is 88.5 Å². The number of carbonyl (C=O) groups is 2. The third-order valence-electron chi connectivity index (χ3n) is 5.31. The van der Waals surface area contributed by atoms with Crippen molar-refractivity contribution < 1.29 is 32.6 Å². The number of aliphatic carboxylic acids is 1. The molecule has 2 atom stereocenters. The number of carboxylic acids is 1.